The molecule has 0 saturated carbocycles. The third-order valence-electron chi connectivity index (χ3n) is 2.94. The number of carboxylic acids is 1. The average Bonchev–Trinajstić information content (AvgIpc) is 2.34. The second-order valence-corrected chi connectivity index (χ2v) is 5.19. The first-order chi connectivity index (χ1) is 9.31. The minimum Gasteiger partial charge on any atom is -0.484 e. The predicted octanol–water partition coefficient (Wildman–Crippen LogP) is 1.91. The number of carbonyl (C=O) groups excluding carboxylic acids is 1. The van der Waals surface area contributed by atoms with Crippen LogP contribution in [0.3, 0.4) is 0 Å². The lowest BCUT2D eigenvalue weighted by atomic mass is 10.1. The van der Waals surface area contributed by atoms with E-state index in [4.69, 9.17) is 9.84 Å². The molecule has 0 bridgehead atoms. The van der Waals surface area contributed by atoms with Crippen LogP contribution in [0.2, 0.25) is 0 Å². The number of aliphatic carboxylic acids is 1. The number of rotatable bonds is 6. The summed E-state index contributed by atoms with van der Waals surface area (Å²) in [5.74, 6) is -1.04. The van der Waals surface area contributed by atoms with Gasteiger partial charge in [-0.15, -0.1) is 0 Å². The molecule has 5 heteroatoms. The topological polar surface area (TPSA) is 75.6 Å². The van der Waals surface area contributed by atoms with E-state index in [1.165, 1.54) is 0 Å². The fraction of sp³-hybridized carbons (Fsp3) is 0.467. The van der Waals surface area contributed by atoms with Crippen LogP contribution < -0.4 is 10.1 Å². The van der Waals surface area contributed by atoms with Crippen molar-refractivity contribution in [3.8, 4) is 5.75 Å². The number of nitrogens with one attached hydrogen (secondary N) is 1. The maximum atomic E-state index is 11.7. The summed E-state index contributed by atoms with van der Waals surface area (Å²) in [6, 6.07) is 4.76. The Morgan fingerprint density at radius 1 is 1.30 bits per heavy atom. The van der Waals surface area contributed by atoms with Gasteiger partial charge in [0.1, 0.15) is 11.8 Å². The Bertz CT molecular complexity index is 497. The molecular weight excluding hydrogens is 258 g/mol. The predicted molar refractivity (Wildman–Crippen MR) is 75.8 cm³/mol. The van der Waals surface area contributed by atoms with E-state index in [1.54, 1.807) is 19.9 Å². The molecule has 5 nitrogen and oxygen atoms in total. The summed E-state index contributed by atoms with van der Waals surface area (Å²) in [5, 5.41) is 11.5. The van der Waals surface area contributed by atoms with E-state index in [0.717, 1.165) is 11.1 Å². The van der Waals surface area contributed by atoms with Gasteiger partial charge in [-0.05, 0) is 31.4 Å². The van der Waals surface area contributed by atoms with Crippen LogP contribution in [0.25, 0.3) is 0 Å². The summed E-state index contributed by atoms with van der Waals surface area (Å²) in [6.45, 7) is 7.16. The largest absolute Gasteiger partial charge is 0.484 e. The Morgan fingerprint density at radius 3 is 2.45 bits per heavy atom. The van der Waals surface area contributed by atoms with Crippen LogP contribution in [0, 0.1) is 19.8 Å². The van der Waals surface area contributed by atoms with Gasteiger partial charge >= 0.3 is 5.97 Å². The van der Waals surface area contributed by atoms with Gasteiger partial charge in [0.2, 0.25) is 0 Å². The van der Waals surface area contributed by atoms with Crippen molar-refractivity contribution in [2.75, 3.05) is 6.61 Å². The molecule has 1 aromatic rings. The van der Waals surface area contributed by atoms with Crippen LogP contribution in [0.4, 0.5) is 0 Å². The number of carboxylic acid groups (broad SMARTS) is 1. The molecular formula is C15H21NO4. The molecule has 0 saturated heterocycles. The molecule has 0 aromatic heterocycles. The third-order valence-corrected chi connectivity index (χ3v) is 2.94. The molecule has 0 unspecified atom stereocenters. The van der Waals surface area contributed by atoms with Gasteiger partial charge in [-0.25, -0.2) is 4.79 Å². The van der Waals surface area contributed by atoms with E-state index in [0.29, 0.717) is 5.75 Å². The lowest BCUT2D eigenvalue weighted by Gasteiger charge is -2.18. The molecule has 110 valence electrons. The number of amides is 1. The number of hydrogen-bond acceptors (Lipinski definition) is 3. The number of benzene rings is 1. The zero-order valence-electron chi connectivity index (χ0n) is 12.3. The van der Waals surface area contributed by atoms with Crippen molar-refractivity contribution < 1.29 is 19.4 Å². The highest BCUT2D eigenvalue weighted by Crippen LogP contribution is 2.18. The van der Waals surface area contributed by atoms with E-state index in [2.05, 4.69) is 5.32 Å². The van der Waals surface area contributed by atoms with Crippen molar-refractivity contribution in [3.05, 3.63) is 29.3 Å². The van der Waals surface area contributed by atoms with Crippen LogP contribution in [-0.2, 0) is 9.59 Å². The van der Waals surface area contributed by atoms with E-state index < -0.39 is 17.9 Å². The van der Waals surface area contributed by atoms with Crippen molar-refractivity contribution in [2.24, 2.45) is 5.92 Å². The molecule has 1 aromatic carbocycles. The molecule has 20 heavy (non-hydrogen) atoms. The molecule has 0 aliphatic rings. The van der Waals surface area contributed by atoms with Gasteiger partial charge in [0, 0.05) is 0 Å². The molecule has 0 radical (unpaired) electrons. The van der Waals surface area contributed by atoms with E-state index >= 15 is 0 Å². The van der Waals surface area contributed by atoms with Crippen LogP contribution in [-0.4, -0.2) is 29.6 Å². The smallest absolute Gasteiger partial charge is 0.326 e. The normalized spacial score (nSPS) is 12.1. The van der Waals surface area contributed by atoms with Gasteiger partial charge < -0.3 is 15.2 Å². The summed E-state index contributed by atoms with van der Waals surface area (Å²) < 4.78 is 5.41. The van der Waals surface area contributed by atoms with Crippen LogP contribution in [0.5, 0.6) is 5.75 Å². The number of aryl methyl sites for hydroxylation is 2. The molecule has 2 N–H and O–H groups in total. The van der Waals surface area contributed by atoms with Crippen LogP contribution in [0.15, 0.2) is 18.2 Å². The lowest BCUT2D eigenvalue weighted by molar-refractivity contribution is -0.143. The molecule has 0 spiro atoms. The first-order valence-corrected chi connectivity index (χ1v) is 6.53. The lowest BCUT2D eigenvalue weighted by Crippen LogP contribution is -2.46. The standard InChI is InChI=1S/C15H21NO4/c1-9(2)14(15(18)19)16-13(17)8-20-12-6-5-10(3)7-11(12)4/h5-7,9,14H,8H2,1-4H3,(H,16,17)(H,18,19)/t14-/m0/s1. The zero-order chi connectivity index (χ0) is 15.3. The molecule has 1 rings (SSSR count). The fourth-order valence-corrected chi connectivity index (χ4v) is 1.83. The highest BCUT2D eigenvalue weighted by atomic mass is 16.5. The maximum Gasteiger partial charge on any atom is 0.326 e. The molecule has 0 fully saturated rings. The van der Waals surface area contributed by atoms with E-state index in [9.17, 15) is 9.59 Å². The summed E-state index contributed by atoms with van der Waals surface area (Å²) in [5.41, 5.74) is 2.06. The summed E-state index contributed by atoms with van der Waals surface area (Å²) >= 11 is 0. The van der Waals surface area contributed by atoms with Crippen molar-refractivity contribution in [2.45, 2.75) is 33.7 Å². The molecule has 1 amide bonds. The quantitative estimate of drug-likeness (QED) is 0.834. The summed E-state index contributed by atoms with van der Waals surface area (Å²) in [6.07, 6.45) is 0. The first-order valence-electron chi connectivity index (χ1n) is 6.53. The monoisotopic (exact) mass is 279 g/mol. The second kappa shape index (κ2) is 6.93. The Morgan fingerprint density at radius 2 is 1.95 bits per heavy atom. The van der Waals surface area contributed by atoms with Gasteiger partial charge in [0.15, 0.2) is 6.61 Å². The van der Waals surface area contributed by atoms with Crippen molar-refractivity contribution in [3.63, 3.8) is 0 Å². The number of carbonyl (C=O) groups is 2. The summed E-state index contributed by atoms with van der Waals surface area (Å²) in [7, 11) is 0. The maximum absolute atomic E-state index is 11.7. The Labute approximate surface area is 118 Å². The fourth-order valence-electron chi connectivity index (χ4n) is 1.83. The minimum atomic E-state index is -1.04. The van der Waals surface area contributed by atoms with Gasteiger partial charge in [-0.2, -0.15) is 0 Å². The van der Waals surface area contributed by atoms with Crippen LogP contribution in [0.1, 0.15) is 25.0 Å². The highest BCUT2D eigenvalue weighted by molar-refractivity contribution is 5.84. The van der Waals surface area contributed by atoms with E-state index in [1.807, 2.05) is 26.0 Å². The third kappa shape index (κ3) is 4.57. The van der Waals surface area contributed by atoms with E-state index in [-0.39, 0.29) is 12.5 Å². The van der Waals surface area contributed by atoms with Gasteiger partial charge in [-0.1, -0.05) is 31.5 Å². The van der Waals surface area contributed by atoms with Crippen molar-refractivity contribution in [1.82, 2.24) is 5.32 Å². The zero-order valence-corrected chi connectivity index (χ0v) is 12.3. The average molecular weight is 279 g/mol. The Kier molecular flexibility index (Phi) is 5.55. The highest BCUT2D eigenvalue weighted by Gasteiger charge is 2.23. The molecule has 1 atom stereocenters. The van der Waals surface area contributed by atoms with Gasteiger partial charge in [0.25, 0.3) is 5.91 Å². The van der Waals surface area contributed by atoms with Crippen LogP contribution >= 0.6 is 0 Å². The first kappa shape index (κ1) is 16.0. The van der Waals surface area contributed by atoms with Crippen molar-refractivity contribution in [1.29, 1.82) is 0 Å². The molecule has 0 aliphatic heterocycles. The summed E-state index contributed by atoms with van der Waals surface area (Å²) in [4.78, 5) is 22.7. The molecule has 0 heterocycles. The Hall–Kier alpha value is -2.04. The SMILES string of the molecule is Cc1ccc(OCC(=O)N[C@H](C(=O)O)C(C)C)c(C)c1. The van der Waals surface area contributed by atoms with Gasteiger partial charge in [-0.3, -0.25) is 4.79 Å². The molecule has 0 aliphatic carbocycles. The second-order valence-electron chi connectivity index (χ2n) is 5.19. The van der Waals surface area contributed by atoms with Gasteiger partial charge in [0.05, 0.1) is 0 Å². The van der Waals surface area contributed by atoms with Crippen molar-refractivity contribution >= 4 is 11.9 Å². The Balaban J connectivity index is 2.57. The number of ether oxygens (including phenoxy) is 1. The minimum absolute atomic E-state index is 0.183. The number of hydrogen-bond donors (Lipinski definition) is 2.